The van der Waals surface area contributed by atoms with Gasteiger partial charge >= 0.3 is 5.97 Å². The number of esters is 1. The Balaban J connectivity index is 2.84. The van der Waals surface area contributed by atoms with Crippen molar-refractivity contribution >= 4 is 12.3 Å². The first-order valence-electron chi connectivity index (χ1n) is 6.79. The predicted molar refractivity (Wildman–Crippen MR) is 72.4 cm³/mol. The van der Waals surface area contributed by atoms with Crippen molar-refractivity contribution in [3.05, 3.63) is 12.2 Å². The van der Waals surface area contributed by atoms with Crippen LogP contribution >= 0.6 is 0 Å². The van der Waals surface area contributed by atoms with Gasteiger partial charge in [0.25, 0.3) is 0 Å². The van der Waals surface area contributed by atoms with E-state index in [0.717, 1.165) is 6.29 Å². The van der Waals surface area contributed by atoms with Crippen LogP contribution in [0.1, 0.15) is 33.1 Å². The Kier molecular flexibility index (Phi) is 5.73. The highest BCUT2D eigenvalue weighted by Crippen LogP contribution is 2.50. The second-order valence-electron chi connectivity index (χ2n) is 5.66. The van der Waals surface area contributed by atoms with Crippen LogP contribution in [-0.2, 0) is 14.3 Å². The maximum absolute atomic E-state index is 11.4. The number of carbonyl (C=O) groups is 2. The summed E-state index contributed by atoms with van der Waals surface area (Å²) >= 11 is 0. The summed E-state index contributed by atoms with van der Waals surface area (Å²) in [5, 5.41) is 9.37. The fourth-order valence-electron chi connectivity index (χ4n) is 3.17. The second-order valence-corrected chi connectivity index (χ2v) is 5.66. The maximum Gasteiger partial charge on any atom is 0.305 e. The summed E-state index contributed by atoms with van der Waals surface area (Å²) < 4.78 is 4.69. The number of hydrogen-bond donors (Lipinski definition) is 1. The van der Waals surface area contributed by atoms with E-state index < -0.39 is 0 Å². The SMILES string of the molecule is COC(=O)CC[C@]1(C)[C@@H]([C@H](C)CO)C=C[C@H]1CC=O. The molecule has 0 unspecified atom stereocenters. The summed E-state index contributed by atoms with van der Waals surface area (Å²) in [6.45, 7) is 4.20. The number of carbonyl (C=O) groups excluding carboxylic acids is 2. The summed E-state index contributed by atoms with van der Waals surface area (Å²) in [5.74, 6) is 0.213. The lowest BCUT2D eigenvalue weighted by Crippen LogP contribution is -2.35. The number of methoxy groups -OCH3 is 1. The van der Waals surface area contributed by atoms with Crippen LogP contribution in [0.4, 0.5) is 0 Å². The molecule has 0 aromatic rings. The fraction of sp³-hybridized carbons (Fsp3) is 0.733. The molecule has 1 N–H and O–H groups in total. The minimum atomic E-state index is -0.228. The van der Waals surface area contributed by atoms with Crippen molar-refractivity contribution in [2.45, 2.75) is 33.1 Å². The van der Waals surface area contributed by atoms with Gasteiger partial charge < -0.3 is 14.6 Å². The van der Waals surface area contributed by atoms with E-state index in [1.807, 2.05) is 6.92 Å². The molecule has 0 aromatic heterocycles. The molecule has 0 aromatic carbocycles. The average molecular weight is 268 g/mol. The van der Waals surface area contributed by atoms with Gasteiger partial charge in [-0.3, -0.25) is 4.79 Å². The van der Waals surface area contributed by atoms with Crippen molar-refractivity contribution in [2.75, 3.05) is 13.7 Å². The number of aliphatic hydroxyl groups is 1. The van der Waals surface area contributed by atoms with Crippen molar-refractivity contribution in [2.24, 2.45) is 23.2 Å². The van der Waals surface area contributed by atoms with Crippen LogP contribution in [0.5, 0.6) is 0 Å². The van der Waals surface area contributed by atoms with Gasteiger partial charge in [0, 0.05) is 19.4 Å². The van der Waals surface area contributed by atoms with Crippen molar-refractivity contribution in [3.8, 4) is 0 Å². The minimum absolute atomic E-state index is 0.108. The summed E-state index contributed by atoms with van der Waals surface area (Å²) in [6.07, 6.45) is 6.55. The van der Waals surface area contributed by atoms with Crippen molar-refractivity contribution in [1.29, 1.82) is 0 Å². The molecule has 4 atom stereocenters. The van der Waals surface area contributed by atoms with Gasteiger partial charge in [0.15, 0.2) is 0 Å². The zero-order chi connectivity index (χ0) is 14.5. The quantitative estimate of drug-likeness (QED) is 0.435. The van der Waals surface area contributed by atoms with Crippen LogP contribution in [0.25, 0.3) is 0 Å². The van der Waals surface area contributed by atoms with Gasteiger partial charge in [-0.05, 0) is 29.6 Å². The number of ether oxygens (including phenoxy) is 1. The molecule has 1 aliphatic carbocycles. The molecule has 1 rings (SSSR count). The normalized spacial score (nSPS) is 31.2. The molecule has 0 bridgehead atoms. The predicted octanol–water partition coefficient (Wildman–Crippen LogP) is 1.97. The summed E-state index contributed by atoms with van der Waals surface area (Å²) in [4.78, 5) is 22.2. The van der Waals surface area contributed by atoms with E-state index in [1.165, 1.54) is 7.11 Å². The number of allylic oxidation sites excluding steroid dienone is 2. The molecule has 4 nitrogen and oxygen atoms in total. The molecule has 0 saturated carbocycles. The van der Waals surface area contributed by atoms with Gasteiger partial charge in [0.05, 0.1) is 7.11 Å². The van der Waals surface area contributed by atoms with Crippen molar-refractivity contribution in [1.82, 2.24) is 0 Å². The van der Waals surface area contributed by atoms with E-state index in [0.29, 0.717) is 19.3 Å². The third-order valence-electron chi connectivity index (χ3n) is 4.51. The largest absolute Gasteiger partial charge is 0.469 e. The van der Waals surface area contributed by atoms with E-state index in [9.17, 15) is 14.7 Å². The van der Waals surface area contributed by atoms with Gasteiger partial charge in [0.1, 0.15) is 6.29 Å². The molecule has 0 radical (unpaired) electrons. The highest BCUT2D eigenvalue weighted by atomic mass is 16.5. The third-order valence-corrected chi connectivity index (χ3v) is 4.51. The highest BCUT2D eigenvalue weighted by Gasteiger charge is 2.44. The highest BCUT2D eigenvalue weighted by molar-refractivity contribution is 5.69. The molecule has 0 fully saturated rings. The van der Waals surface area contributed by atoms with Crippen molar-refractivity contribution < 1.29 is 19.4 Å². The number of rotatable bonds is 7. The van der Waals surface area contributed by atoms with E-state index in [4.69, 9.17) is 4.74 Å². The van der Waals surface area contributed by atoms with E-state index in [2.05, 4.69) is 19.1 Å². The topological polar surface area (TPSA) is 63.6 Å². The zero-order valence-electron chi connectivity index (χ0n) is 12.0. The Morgan fingerprint density at radius 1 is 1.53 bits per heavy atom. The monoisotopic (exact) mass is 268 g/mol. The minimum Gasteiger partial charge on any atom is -0.469 e. The third kappa shape index (κ3) is 3.44. The molecule has 0 amide bonds. The standard InChI is InChI=1S/C15H24O4/c1-11(10-17)13-5-4-12(7-9-16)15(13,2)8-6-14(18)19-3/h4-5,9,11-13,17H,6-8,10H2,1-3H3/t11-,12+,13-,15+/m1/s1. The zero-order valence-corrected chi connectivity index (χ0v) is 12.0. The molecular weight excluding hydrogens is 244 g/mol. The first-order chi connectivity index (χ1) is 8.99. The van der Waals surface area contributed by atoms with Gasteiger partial charge in [-0.25, -0.2) is 0 Å². The van der Waals surface area contributed by atoms with Crippen LogP contribution in [0, 0.1) is 23.2 Å². The fourth-order valence-corrected chi connectivity index (χ4v) is 3.17. The lowest BCUT2D eigenvalue weighted by molar-refractivity contribution is -0.141. The summed E-state index contributed by atoms with van der Waals surface area (Å²) in [7, 11) is 1.38. The van der Waals surface area contributed by atoms with Gasteiger partial charge in [0.2, 0.25) is 0 Å². The van der Waals surface area contributed by atoms with Gasteiger partial charge in [-0.1, -0.05) is 26.0 Å². The Bertz CT molecular complexity index is 350. The molecule has 19 heavy (non-hydrogen) atoms. The summed E-state index contributed by atoms with van der Waals surface area (Å²) in [5.41, 5.74) is -0.169. The maximum atomic E-state index is 11.4. The first kappa shape index (κ1) is 15.9. The van der Waals surface area contributed by atoms with Crippen LogP contribution in [-0.4, -0.2) is 31.1 Å². The average Bonchev–Trinajstić information content (AvgIpc) is 2.73. The van der Waals surface area contributed by atoms with Crippen LogP contribution < -0.4 is 0 Å². The Morgan fingerprint density at radius 3 is 2.74 bits per heavy atom. The van der Waals surface area contributed by atoms with Crippen LogP contribution in [0.2, 0.25) is 0 Å². The lowest BCUT2D eigenvalue weighted by atomic mass is 9.65. The summed E-state index contributed by atoms with van der Waals surface area (Å²) in [6, 6.07) is 0. The molecule has 1 aliphatic rings. The number of aliphatic hydroxyl groups excluding tert-OH is 1. The molecular formula is C15H24O4. The van der Waals surface area contributed by atoms with E-state index in [1.54, 1.807) is 0 Å². The molecule has 0 aliphatic heterocycles. The van der Waals surface area contributed by atoms with E-state index >= 15 is 0 Å². The van der Waals surface area contributed by atoms with E-state index in [-0.39, 0.29) is 35.7 Å². The Morgan fingerprint density at radius 2 is 2.21 bits per heavy atom. The van der Waals surface area contributed by atoms with Crippen LogP contribution in [0.15, 0.2) is 12.2 Å². The van der Waals surface area contributed by atoms with Crippen molar-refractivity contribution in [3.63, 3.8) is 0 Å². The Hall–Kier alpha value is -1.16. The first-order valence-corrected chi connectivity index (χ1v) is 6.79. The molecule has 108 valence electrons. The lowest BCUT2D eigenvalue weighted by Gasteiger charge is -2.39. The number of aldehydes is 1. The second kappa shape index (κ2) is 6.85. The molecule has 4 heteroatoms. The van der Waals surface area contributed by atoms with Gasteiger partial charge in [-0.2, -0.15) is 0 Å². The smallest absolute Gasteiger partial charge is 0.305 e. The molecule has 0 saturated heterocycles. The number of hydrogen-bond acceptors (Lipinski definition) is 4. The molecule has 0 spiro atoms. The molecule has 0 heterocycles. The van der Waals surface area contributed by atoms with Gasteiger partial charge in [-0.15, -0.1) is 0 Å². The Labute approximate surface area is 114 Å². The van der Waals surface area contributed by atoms with Crippen LogP contribution in [0.3, 0.4) is 0 Å².